The maximum atomic E-state index is 13.7. The first-order valence-corrected chi connectivity index (χ1v) is 7.20. The zero-order chi connectivity index (χ0) is 14.7. The van der Waals surface area contributed by atoms with Crippen LogP contribution in [-0.2, 0) is 0 Å². The first kappa shape index (κ1) is 14.9. The largest absolute Gasteiger partial charge is 0.497 e. The van der Waals surface area contributed by atoms with Gasteiger partial charge in [0.15, 0.2) is 0 Å². The lowest BCUT2D eigenvalue weighted by Crippen LogP contribution is -2.07. The lowest BCUT2D eigenvalue weighted by atomic mass is 10.1. The van der Waals surface area contributed by atoms with Crippen LogP contribution in [0.3, 0.4) is 0 Å². The molecule has 0 radical (unpaired) electrons. The van der Waals surface area contributed by atoms with Crippen LogP contribution < -0.4 is 10.5 Å². The first-order valence-electron chi connectivity index (χ1n) is 6.39. The second-order valence-corrected chi connectivity index (χ2v) is 5.82. The van der Waals surface area contributed by atoms with Crippen LogP contribution in [0.4, 0.5) is 4.39 Å². The van der Waals surface area contributed by atoms with Crippen LogP contribution in [-0.4, -0.2) is 7.11 Å². The number of hydrogen-bond donors (Lipinski definition) is 1. The van der Waals surface area contributed by atoms with Crippen LogP contribution in [0.25, 0.3) is 0 Å². The highest BCUT2D eigenvalue weighted by Crippen LogP contribution is 2.35. The Morgan fingerprint density at radius 2 is 2.00 bits per heavy atom. The van der Waals surface area contributed by atoms with Crippen molar-refractivity contribution in [3.8, 4) is 5.75 Å². The van der Waals surface area contributed by atoms with E-state index in [4.69, 9.17) is 10.5 Å². The number of aryl methyl sites for hydroxylation is 1. The van der Waals surface area contributed by atoms with Crippen LogP contribution in [0.2, 0.25) is 0 Å². The molecule has 2 N–H and O–H groups in total. The molecule has 2 nitrogen and oxygen atoms in total. The van der Waals surface area contributed by atoms with Gasteiger partial charge in [0, 0.05) is 15.8 Å². The smallest absolute Gasteiger partial charge is 0.126 e. The van der Waals surface area contributed by atoms with Gasteiger partial charge in [-0.1, -0.05) is 17.8 Å². The van der Waals surface area contributed by atoms with Crippen LogP contribution in [0, 0.1) is 12.7 Å². The van der Waals surface area contributed by atoms with Gasteiger partial charge in [-0.3, -0.25) is 0 Å². The summed E-state index contributed by atoms with van der Waals surface area (Å²) in [4.78, 5) is 2.02. The van der Waals surface area contributed by atoms with E-state index >= 15 is 0 Å². The van der Waals surface area contributed by atoms with Gasteiger partial charge in [0.1, 0.15) is 11.6 Å². The third-order valence-corrected chi connectivity index (χ3v) is 4.11. The minimum absolute atomic E-state index is 0.210. The Morgan fingerprint density at radius 3 is 2.65 bits per heavy atom. The highest BCUT2D eigenvalue weighted by molar-refractivity contribution is 7.99. The Bertz CT molecular complexity index is 613. The van der Waals surface area contributed by atoms with Gasteiger partial charge in [-0.15, -0.1) is 0 Å². The average molecular weight is 291 g/mol. The second kappa shape index (κ2) is 6.29. The zero-order valence-corrected chi connectivity index (χ0v) is 12.6. The van der Waals surface area contributed by atoms with Crippen LogP contribution >= 0.6 is 11.8 Å². The Labute approximate surface area is 123 Å². The Hall–Kier alpha value is -1.52. The maximum Gasteiger partial charge on any atom is 0.126 e. The van der Waals surface area contributed by atoms with Crippen molar-refractivity contribution in [2.75, 3.05) is 7.11 Å². The van der Waals surface area contributed by atoms with Gasteiger partial charge in [-0.25, -0.2) is 4.39 Å². The van der Waals surface area contributed by atoms with Crippen molar-refractivity contribution in [1.82, 2.24) is 0 Å². The molecule has 1 unspecified atom stereocenters. The van der Waals surface area contributed by atoms with Crippen LogP contribution in [0.1, 0.15) is 24.1 Å². The van der Waals surface area contributed by atoms with Crippen LogP contribution in [0.15, 0.2) is 46.2 Å². The number of halogens is 1. The minimum Gasteiger partial charge on any atom is -0.497 e. The summed E-state index contributed by atoms with van der Waals surface area (Å²) in [5.74, 6) is 0.587. The van der Waals surface area contributed by atoms with E-state index in [-0.39, 0.29) is 11.9 Å². The molecule has 0 amide bonds. The van der Waals surface area contributed by atoms with E-state index in [1.807, 2.05) is 37.3 Å². The lowest BCUT2D eigenvalue weighted by Gasteiger charge is -2.14. The van der Waals surface area contributed by atoms with E-state index in [0.29, 0.717) is 5.56 Å². The first-order chi connectivity index (χ1) is 9.51. The molecule has 0 heterocycles. The van der Waals surface area contributed by atoms with Gasteiger partial charge in [0.25, 0.3) is 0 Å². The molecule has 0 spiro atoms. The van der Waals surface area contributed by atoms with Crippen molar-refractivity contribution in [2.45, 2.75) is 29.7 Å². The van der Waals surface area contributed by atoms with Crippen molar-refractivity contribution in [3.05, 3.63) is 53.3 Å². The van der Waals surface area contributed by atoms with Gasteiger partial charge in [-0.2, -0.15) is 0 Å². The fraction of sp³-hybridized carbons (Fsp3) is 0.250. The summed E-state index contributed by atoms with van der Waals surface area (Å²) in [5, 5.41) is 0. The van der Waals surface area contributed by atoms with E-state index in [2.05, 4.69) is 0 Å². The predicted octanol–water partition coefficient (Wildman–Crippen LogP) is 4.31. The average Bonchev–Trinajstić information content (AvgIpc) is 2.42. The third kappa shape index (κ3) is 3.32. The molecule has 0 fully saturated rings. The molecule has 20 heavy (non-hydrogen) atoms. The summed E-state index contributed by atoms with van der Waals surface area (Å²) in [6.07, 6.45) is 0. The van der Waals surface area contributed by atoms with Gasteiger partial charge in [-0.05, 0) is 55.3 Å². The fourth-order valence-electron chi connectivity index (χ4n) is 1.91. The lowest BCUT2D eigenvalue weighted by molar-refractivity contribution is 0.413. The second-order valence-electron chi connectivity index (χ2n) is 4.71. The summed E-state index contributed by atoms with van der Waals surface area (Å²) in [6.45, 7) is 3.62. The molecule has 0 aromatic heterocycles. The Balaban J connectivity index is 2.39. The van der Waals surface area contributed by atoms with Gasteiger partial charge in [0.05, 0.1) is 7.11 Å². The third-order valence-electron chi connectivity index (χ3n) is 3.05. The highest BCUT2D eigenvalue weighted by Gasteiger charge is 2.12. The van der Waals surface area contributed by atoms with Crippen molar-refractivity contribution in [1.29, 1.82) is 0 Å². The summed E-state index contributed by atoms with van der Waals surface area (Å²) in [7, 11) is 1.64. The molecular weight excluding hydrogens is 273 g/mol. The van der Waals surface area contributed by atoms with Crippen molar-refractivity contribution in [3.63, 3.8) is 0 Å². The highest BCUT2D eigenvalue weighted by atomic mass is 32.2. The molecule has 0 aliphatic carbocycles. The Morgan fingerprint density at radius 1 is 1.25 bits per heavy atom. The normalized spacial score (nSPS) is 12.2. The topological polar surface area (TPSA) is 35.2 Å². The molecule has 1 atom stereocenters. The predicted molar refractivity (Wildman–Crippen MR) is 80.9 cm³/mol. The van der Waals surface area contributed by atoms with E-state index in [0.717, 1.165) is 21.1 Å². The molecule has 0 saturated carbocycles. The Kier molecular flexibility index (Phi) is 4.68. The number of rotatable bonds is 4. The summed E-state index contributed by atoms with van der Waals surface area (Å²) in [6, 6.07) is 10.9. The molecule has 2 rings (SSSR count). The number of methoxy groups -OCH3 is 1. The SMILES string of the molecule is COc1cccc(Sc2cc(C)c(F)cc2C(C)N)c1. The molecule has 2 aromatic carbocycles. The monoisotopic (exact) mass is 291 g/mol. The van der Waals surface area contributed by atoms with Crippen molar-refractivity contribution < 1.29 is 9.13 Å². The maximum absolute atomic E-state index is 13.7. The van der Waals surface area contributed by atoms with Crippen molar-refractivity contribution >= 4 is 11.8 Å². The number of hydrogen-bond acceptors (Lipinski definition) is 3. The molecule has 106 valence electrons. The van der Waals surface area contributed by atoms with E-state index in [9.17, 15) is 4.39 Å². The molecule has 0 bridgehead atoms. The molecule has 2 aromatic rings. The standard InChI is InChI=1S/C16H18FNOS/c1-10-7-16(14(11(2)18)9-15(10)17)20-13-6-4-5-12(8-13)19-3/h4-9,11H,18H2,1-3H3. The molecule has 4 heteroatoms. The summed E-state index contributed by atoms with van der Waals surface area (Å²) >= 11 is 1.57. The van der Waals surface area contributed by atoms with Crippen LogP contribution in [0.5, 0.6) is 5.75 Å². The molecule has 0 saturated heterocycles. The molecular formula is C16H18FNOS. The molecule has 0 aliphatic heterocycles. The van der Waals surface area contributed by atoms with Crippen molar-refractivity contribution in [2.24, 2.45) is 5.73 Å². The minimum atomic E-state index is -0.215. The number of benzene rings is 2. The quantitative estimate of drug-likeness (QED) is 0.911. The summed E-state index contributed by atoms with van der Waals surface area (Å²) < 4.78 is 18.9. The van der Waals surface area contributed by atoms with Gasteiger partial charge < -0.3 is 10.5 Å². The number of ether oxygens (including phenoxy) is 1. The summed E-state index contributed by atoms with van der Waals surface area (Å²) in [5.41, 5.74) is 7.38. The number of nitrogens with two attached hydrogens (primary N) is 1. The van der Waals surface area contributed by atoms with Gasteiger partial charge in [0.2, 0.25) is 0 Å². The fourth-order valence-corrected chi connectivity index (χ4v) is 3.08. The van der Waals surface area contributed by atoms with Gasteiger partial charge >= 0.3 is 0 Å². The van der Waals surface area contributed by atoms with E-state index in [1.54, 1.807) is 25.8 Å². The van der Waals surface area contributed by atoms with E-state index in [1.165, 1.54) is 6.07 Å². The zero-order valence-electron chi connectivity index (χ0n) is 11.8. The molecule has 0 aliphatic rings. The van der Waals surface area contributed by atoms with E-state index < -0.39 is 0 Å².